The first-order valence-corrected chi connectivity index (χ1v) is 11.5. The van der Waals surface area contributed by atoms with Crippen LogP contribution in [-0.4, -0.2) is 66.8 Å². The van der Waals surface area contributed by atoms with Gasteiger partial charge in [-0.15, -0.1) is 0 Å². The van der Waals surface area contributed by atoms with Crippen LogP contribution < -0.4 is 10.6 Å². The minimum absolute atomic E-state index is 0.0981. The minimum Gasteiger partial charge on any atom is -0.346 e. The van der Waals surface area contributed by atoms with Crippen molar-refractivity contribution in [3.8, 4) is 0 Å². The van der Waals surface area contributed by atoms with Gasteiger partial charge in [0.05, 0.1) is 23.7 Å². The molecule has 1 aliphatic rings. The van der Waals surface area contributed by atoms with Gasteiger partial charge < -0.3 is 15.5 Å². The number of rotatable bonds is 6. The quantitative estimate of drug-likeness (QED) is 0.649. The lowest BCUT2D eigenvalue weighted by atomic mass is 10.1. The summed E-state index contributed by atoms with van der Waals surface area (Å²) in [5.74, 6) is -0.657. The topological polar surface area (TPSA) is 81.8 Å². The molecule has 33 heavy (non-hydrogen) atoms. The Bertz CT molecular complexity index is 1040. The molecule has 1 fully saturated rings. The van der Waals surface area contributed by atoms with Crippen LogP contribution >= 0.6 is 23.2 Å². The van der Waals surface area contributed by atoms with Crippen LogP contribution in [0.4, 0.5) is 5.69 Å². The van der Waals surface area contributed by atoms with Crippen molar-refractivity contribution in [2.24, 2.45) is 0 Å². The second-order valence-electron chi connectivity index (χ2n) is 8.29. The van der Waals surface area contributed by atoms with Crippen molar-refractivity contribution in [3.63, 3.8) is 0 Å². The molecule has 2 N–H and O–H groups in total. The number of anilines is 1. The number of nitrogens with one attached hydrogen (secondary N) is 2. The van der Waals surface area contributed by atoms with Gasteiger partial charge in [-0.25, -0.2) is 0 Å². The SMILES string of the molecule is Cc1cc(C)c(NC(=O)CNC(=O)CN2CCN(C(=O)c3ccc(Cl)cc3Cl)CC2)c(C)c1. The molecule has 0 unspecified atom stereocenters. The van der Waals surface area contributed by atoms with Gasteiger partial charge >= 0.3 is 0 Å². The zero-order valence-electron chi connectivity index (χ0n) is 19.0. The molecule has 0 atom stereocenters. The van der Waals surface area contributed by atoms with Gasteiger partial charge in [-0.2, -0.15) is 0 Å². The first-order chi connectivity index (χ1) is 15.6. The summed E-state index contributed by atoms with van der Waals surface area (Å²) in [7, 11) is 0. The molecule has 7 nitrogen and oxygen atoms in total. The lowest BCUT2D eigenvalue weighted by Crippen LogP contribution is -2.51. The van der Waals surface area contributed by atoms with Crippen LogP contribution in [0.2, 0.25) is 10.0 Å². The monoisotopic (exact) mass is 490 g/mol. The number of halogens is 2. The summed E-state index contributed by atoms with van der Waals surface area (Å²) in [6.45, 7) is 8.04. The Morgan fingerprint density at radius 3 is 2.15 bits per heavy atom. The van der Waals surface area contributed by atoms with E-state index >= 15 is 0 Å². The Balaban J connectivity index is 1.43. The third kappa shape index (κ3) is 6.69. The molecule has 1 heterocycles. The van der Waals surface area contributed by atoms with Gasteiger partial charge in [0, 0.05) is 36.9 Å². The number of carbonyl (C=O) groups is 3. The number of aryl methyl sites for hydroxylation is 3. The van der Waals surface area contributed by atoms with E-state index in [4.69, 9.17) is 23.2 Å². The van der Waals surface area contributed by atoms with Gasteiger partial charge in [-0.05, 0) is 50.1 Å². The van der Waals surface area contributed by atoms with Crippen molar-refractivity contribution < 1.29 is 14.4 Å². The van der Waals surface area contributed by atoms with E-state index in [-0.39, 0.29) is 30.8 Å². The largest absolute Gasteiger partial charge is 0.346 e. The normalized spacial score (nSPS) is 14.2. The van der Waals surface area contributed by atoms with Gasteiger partial charge in [0.15, 0.2) is 0 Å². The zero-order chi connectivity index (χ0) is 24.1. The highest BCUT2D eigenvalue weighted by molar-refractivity contribution is 6.36. The van der Waals surface area contributed by atoms with E-state index in [2.05, 4.69) is 10.6 Å². The average molecular weight is 491 g/mol. The lowest BCUT2D eigenvalue weighted by Gasteiger charge is -2.34. The summed E-state index contributed by atoms with van der Waals surface area (Å²) in [6, 6.07) is 8.82. The Kier molecular flexibility index (Phi) is 8.35. The molecular formula is C24H28Cl2N4O3. The predicted molar refractivity (Wildman–Crippen MR) is 131 cm³/mol. The number of nitrogens with zero attached hydrogens (tertiary/aromatic N) is 2. The van der Waals surface area contributed by atoms with E-state index in [1.807, 2.05) is 37.8 Å². The Hall–Kier alpha value is -2.61. The van der Waals surface area contributed by atoms with Crippen molar-refractivity contribution >= 4 is 46.6 Å². The van der Waals surface area contributed by atoms with E-state index in [1.54, 1.807) is 23.1 Å². The fourth-order valence-corrected chi connectivity index (χ4v) is 4.43. The first-order valence-electron chi connectivity index (χ1n) is 10.7. The highest BCUT2D eigenvalue weighted by Crippen LogP contribution is 2.23. The lowest BCUT2D eigenvalue weighted by molar-refractivity contribution is -0.125. The molecule has 0 aromatic heterocycles. The molecule has 0 aliphatic carbocycles. The Labute approximate surface area is 204 Å². The van der Waals surface area contributed by atoms with E-state index in [0.717, 1.165) is 22.4 Å². The van der Waals surface area contributed by atoms with Gasteiger partial charge in [0.2, 0.25) is 11.8 Å². The second-order valence-corrected chi connectivity index (χ2v) is 9.13. The maximum absolute atomic E-state index is 12.7. The third-order valence-electron chi connectivity index (χ3n) is 5.58. The molecule has 0 saturated carbocycles. The molecule has 0 spiro atoms. The maximum Gasteiger partial charge on any atom is 0.255 e. The number of amides is 3. The highest BCUT2D eigenvalue weighted by Gasteiger charge is 2.24. The van der Waals surface area contributed by atoms with Crippen LogP contribution in [0.1, 0.15) is 27.0 Å². The predicted octanol–water partition coefficient (Wildman–Crippen LogP) is 3.43. The fraction of sp³-hybridized carbons (Fsp3) is 0.375. The summed E-state index contributed by atoms with van der Waals surface area (Å²) in [4.78, 5) is 41.0. The van der Waals surface area contributed by atoms with Crippen LogP contribution in [0.3, 0.4) is 0 Å². The van der Waals surface area contributed by atoms with Crippen molar-refractivity contribution in [2.45, 2.75) is 20.8 Å². The van der Waals surface area contributed by atoms with E-state index in [1.165, 1.54) is 0 Å². The summed E-state index contributed by atoms with van der Waals surface area (Å²) in [6.07, 6.45) is 0. The average Bonchev–Trinajstić information content (AvgIpc) is 2.75. The van der Waals surface area contributed by atoms with Crippen molar-refractivity contribution in [3.05, 3.63) is 62.6 Å². The third-order valence-corrected chi connectivity index (χ3v) is 6.12. The number of carbonyl (C=O) groups excluding carboxylic acids is 3. The molecule has 9 heteroatoms. The minimum atomic E-state index is -0.270. The number of hydrogen-bond donors (Lipinski definition) is 2. The van der Waals surface area contributed by atoms with Crippen LogP contribution in [0.15, 0.2) is 30.3 Å². The summed E-state index contributed by atoms with van der Waals surface area (Å²) >= 11 is 12.0. The fourth-order valence-electron chi connectivity index (χ4n) is 3.94. The highest BCUT2D eigenvalue weighted by atomic mass is 35.5. The Morgan fingerprint density at radius 2 is 1.55 bits per heavy atom. The summed E-state index contributed by atoms with van der Waals surface area (Å²) < 4.78 is 0. The molecule has 0 radical (unpaired) electrons. The second kappa shape index (κ2) is 11.0. The first kappa shape index (κ1) is 25.0. The number of benzene rings is 2. The van der Waals surface area contributed by atoms with Crippen molar-refractivity contribution in [2.75, 3.05) is 44.6 Å². The molecule has 0 bridgehead atoms. The van der Waals surface area contributed by atoms with Crippen LogP contribution in [-0.2, 0) is 9.59 Å². The van der Waals surface area contributed by atoms with Crippen molar-refractivity contribution in [1.82, 2.24) is 15.1 Å². The number of piperazine rings is 1. The maximum atomic E-state index is 12.7. The van der Waals surface area contributed by atoms with Crippen LogP contribution in [0, 0.1) is 20.8 Å². The zero-order valence-corrected chi connectivity index (χ0v) is 20.5. The van der Waals surface area contributed by atoms with Gasteiger partial charge in [-0.1, -0.05) is 40.9 Å². The molecule has 2 aromatic carbocycles. The summed E-state index contributed by atoms with van der Waals surface area (Å²) in [5.41, 5.74) is 4.30. The smallest absolute Gasteiger partial charge is 0.255 e. The molecule has 3 rings (SSSR count). The Morgan fingerprint density at radius 1 is 0.909 bits per heavy atom. The molecule has 3 amide bonds. The summed E-state index contributed by atoms with van der Waals surface area (Å²) in [5, 5.41) is 6.35. The van der Waals surface area contributed by atoms with Gasteiger partial charge in [-0.3, -0.25) is 19.3 Å². The van der Waals surface area contributed by atoms with Crippen LogP contribution in [0.25, 0.3) is 0 Å². The number of hydrogen-bond acceptors (Lipinski definition) is 4. The molecule has 1 saturated heterocycles. The van der Waals surface area contributed by atoms with Crippen molar-refractivity contribution in [1.29, 1.82) is 0 Å². The van der Waals surface area contributed by atoms with E-state index in [0.29, 0.717) is 41.8 Å². The molecular weight excluding hydrogens is 463 g/mol. The van der Waals surface area contributed by atoms with Gasteiger partial charge in [0.1, 0.15) is 0 Å². The standard InChI is InChI=1S/C24H28Cl2N4O3/c1-15-10-16(2)23(17(3)11-15)28-21(31)13-27-22(32)14-29-6-8-30(9-7-29)24(33)19-5-4-18(25)12-20(19)26/h4-5,10-12H,6-9,13-14H2,1-3H3,(H,27,32)(H,28,31). The molecule has 1 aliphatic heterocycles. The molecule has 176 valence electrons. The van der Waals surface area contributed by atoms with E-state index in [9.17, 15) is 14.4 Å². The van der Waals surface area contributed by atoms with Gasteiger partial charge in [0.25, 0.3) is 5.91 Å². The van der Waals surface area contributed by atoms with Crippen LogP contribution in [0.5, 0.6) is 0 Å². The van der Waals surface area contributed by atoms with E-state index < -0.39 is 0 Å². The molecule has 2 aromatic rings.